The Balaban J connectivity index is 1.41. The summed E-state index contributed by atoms with van der Waals surface area (Å²) < 4.78 is 27.1. The van der Waals surface area contributed by atoms with Crippen LogP contribution in [-0.4, -0.2) is 52.7 Å². The van der Waals surface area contributed by atoms with Crippen molar-refractivity contribution in [3.63, 3.8) is 0 Å². The standard InChI is InChI=1S/C21H24FN5O2S/c22-17-3-1-15(2-4-17)11-19-24-25-21(27(19)12-16-5-8-28-14-16)26-7-9-29-18(13-26)20-23-6-10-30-20/h1-4,6,10,16,18H,5,7-9,11-14H2/t16-,18+/m1/s1. The van der Waals surface area contributed by atoms with Gasteiger partial charge in [0.2, 0.25) is 5.95 Å². The molecule has 3 aromatic rings. The summed E-state index contributed by atoms with van der Waals surface area (Å²) >= 11 is 1.61. The Morgan fingerprint density at radius 1 is 1.17 bits per heavy atom. The van der Waals surface area contributed by atoms with Crippen LogP contribution in [0.15, 0.2) is 35.8 Å². The van der Waals surface area contributed by atoms with Crippen LogP contribution >= 0.6 is 11.3 Å². The fraction of sp³-hybridized carbons (Fsp3) is 0.476. The third-order valence-electron chi connectivity index (χ3n) is 5.62. The van der Waals surface area contributed by atoms with Gasteiger partial charge in [0.05, 0.1) is 19.8 Å². The van der Waals surface area contributed by atoms with Crippen molar-refractivity contribution in [2.45, 2.75) is 25.5 Å². The first-order chi connectivity index (χ1) is 14.8. The summed E-state index contributed by atoms with van der Waals surface area (Å²) in [6.45, 7) is 4.47. The van der Waals surface area contributed by atoms with Crippen LogP contribution in [0.4, 0.5) is 10.3 Å². The van der Waals surface area contributed by atoms with Crippen LogP contribution in [0, 0.1) is 11.7 Å². The summed E-state index contributed by atoms with van der Waals surface area (Å²) in [5.41, 5.74) is 1.02. The second-order valence-electron chi connectivity index (χ2n) is 7.74. The average molecular weight is 430 g/mol. The molecule has 0 aliphatic carbocycles. The Morgan fingerprint density at radius 3 is 2.83 bits per heavy atom. The predicted molar refractivity (Wildman–Crippen MR) is 111 cm³/mol. The molecule has 30 heavy (non-hydrogen) atoms. The molecule has 5 rings (SSSR count). The molecule has 2 aliphatic rings. The van der Waals surface area contributed by atoms with E-state index in [4.69, 9.17) is 9.47 Å². The van der Waals surface area contributed by atoms with E-state index in [1.165, 1.54) is 12.1 Å². The molecule has 2 atom stereocenters. The van der Waals surface area contributed by atoms with Crippen LogP contribution in [0.25, 0.3) is 0 Å². The lowest BCUT2D eigenvalue weighted by molar-refractivity contribution is 0.0387. The summed E-state index contributed by atoms with van der Waals surface area (Å²) in [5, 5.41) is 12.0. The van der Waals surface area contributed by atoms with Gasteiger partial charge >= 0.3 is 0 Å². The van der Waals surface area contributed by atoms with Crippen LogP contribution < -0.4 is 4.90 Å². The Bertz CT molecular complexity index is 956. The zero-order valence-corrected chi connectivity index (χ0v) is 17.4. The topological polar surface area (TPSA) is 65.3 Å². The average Bonchev–Trinajstić information content (AvgIpc) is 3.53. The minimum Gasteiger partial charge on any atom is -0.381 e. The van der Waals surface area contributed by atoms with Gasteiger partial charge in [-0.1, -0.05) is 12.1 Å². The molecule has 0 unspecified atom stereocenters. The van der Waals surface area contributed by atoms with Crippen molar-refractivity contribution in [2.75, 3.05) is 37.8 Å². The van der Waals surface area contributed by atoms with Crippen molar-refractivity contribution < 1.29 is 13.9 Å². The first-order valence-electron chi connectivity index (χ1n) is 10.3. The van der Waals surface area contributed by atoms with Gasteiger partial charge in [0.1, 0.15) is 22.8 Å². The molecule has 0 N–H and O–H groups in total. The summed E-state index contributed by atoms with van der Waals surface area (Å²) in [6, 6.07) is 6.59. The second kappa shape index (κ2) is 8.79. The monoisotopic (exact) mass is 429 g/mol. The van der Waals surface area contributed by atoms with Gasteiger partial charge in [0, 0.05) is 43.6 Å². The summed E-state index contributed by atoms with van der Waals surface area (Å²) in [4.78, 5) is 6.66. The molecule has 158 valence electrons. The maximum Gasteiger partial charge on any atom is 0.227 e. The van der Waals surface area contributed by atoms with Crippen LogP contribution in [0.5, 0.6) is 0 Å². The van der Waals surface area contributed by atoms with E-state index in [1.54, 1.807) is 23.5 Å². The molecule has 0 amide bonds. The fourth-order valence-corrected chi connectivity index (χ4v) is 4.70. The first-order valence-corrected chi connectivity index (χ1v) is 11.1. The van der Waals surface area contributed by atoms with E-state index in [1.807, 2.05) is 11.6 Å². The zero-order valence-electron chi connectivity index (χ0n) is 16.6. The lowest BCUT2D eigenvalue weighted by atomic mass is 10.1. The molecule has 0 radical (unpaired) electrons. The summed E-state index contributed by atoms with van der Waals surface area (Å²) in [6.07, 6.45) is 3.41. The van der Waals surface area contributed by atoms with Crippen LogP contribution in [0.1, 0.15) is 28.9 Å². The summed E-state index contributed by atoms with van der Waals surface area (Å²) in [5.74, 6) is 1.97. The number of nitrogens with zero attached hydrogens (tertiary/aromatic N) is 5. The SMILES string of the molecule is Fc1ccc(Cc2nnc(N3CCO[C@H](c4nccs4)C3)n2C[C@H]2CCOC2)cc1. The third kappa shape index (κ3) is 4.23. The van der Waals surface area contributed by atoms with Crippen molar-refractivity contribution in [3.05, 3.63) is 58.1 Å². The highest BCUT2D eigenvalue weighted by atomic mass is 32.1. The lowest BCUT2D eigenvalue weighted by Crippen LogP contribution is -2.40. The Hall–Kier alpha value is -2.36. The molecular weight excluding hydrogens is 405 g/mol. The number of hydrogen-bond acceptors (Lipinski definition) is 7. The van der Waals surface area contributed by atoms with Gasteiger partial charge in [-0.05, 0) is 24.1 Å². The highest BCUT2D eigenvalue weighted by Gasteiger charge is 2.29. The zero-order chi connectivity index (χ0) is 20.3. The van der Waals surface area contributed by atoms with Gasteiger partial charge in [-0.3, -0.25) is 4.57 Å². The first kappa shape index (κ1) is 19.6. The molecule has 0 bridgehead atoms. The quantitative estimate of drug-likeness (QED) is 0.600. The maximum absolute atomic E-state index is 13.3. The Morgan fingerprint density at radius 2 is 2.07 bits per heavy atom. The molecule has 0 saturated carbocycles. The smallest absolute Gasteiger partial charge is 0.227 e. The molecular formula is C21H24FN5O2S. The van der Waals surface area contributed by atoms with Gasteiger partial charge in [0.15, 0.2) is 0 Å². The van der Waals surface area contributed by atoms with Gasteiger partial charge in [-0.2, -0.15) is 0 Å². The minimum absolute atomic E-state index is 0.0562. The molecule has 0 spiro atoms. The van der Waals surface area contributed by atoms with Crippen molar-refractivity contribution in [1.29, 1.82) is 0 Å². The number of halogens is 1. The van der Waals surface area contributed by atoms with Crippen molar-refractivity contribution in [3.8, 4) is 0 Å². The molecule has 2 aromatic heterocycles. The van der Waals surface area contributed by atoms with E-state index in [0.29, 0.717) is 25.5 Å². The molecule has 4 heterocycles. The minimum atomic E-state index is -0.231. The van der Waals surface area contributed by atoms with E-state index in [0.717, 1.165) is 55.1 Å². The molecule has 2 fully saturated rings. The van der Waals surface area contributed by atoms with E-state index in [-0.39, 0.29) is 11.9 Å². The van der Waals surface area contributed by atoms with E-state index in [2.05, 4.69) is 24.6 Å². The molecule has 9 heteroatoms. The van der Waals surface area contributed by atoms with Crippen LogP contribution in [0.3, 0.4) is 0 Å². The van der Waals surface area contributed by atoms with E-state index < -0.39 is 0 Å². The Labute approximate surface area is 178 Å². The van der Waals surface area contributed by atoms with Gasteiger partial charge in [0.25, 0.3) is 0 Å². The second-order valence-corrected chi connectivity index (χ2v) is 8.66. The van der Waals surface area contributed by atoms with E-state index >= 15 is 0 Å². The molecule has 2 aliphatic heterocycles. The van der Waals surface area contributed by atoms with Crippen molar-refractivity contribution >= 4 is 17.3 Å². The number of aromatic nitrogens is 4. The van der Waals surface area contributed by atoms with Crippen molar-refractivity contribution in [2.24, 2.45) is 5.92 Å². The third-order valence-corrected chi connectivity index (χ3v) is 6.49. The highest BCUT2D eigenvalue weighted by molar-refractivity contribution is 7.09. The number of thiazole rings is 1. The largest absolute Gasteiger partial charge is 0.381 e. The Kier molecular flexibility index (Phi) is 5.74. The number of benzene rings is 1. The predicted octanol–water partition coefficient (Wildman–Crippen LogP) is 3.08. The normalized spacial score (nSPS) is 22.0. The highest BCUT2D eigenvalue weighted by Crippen LogP contribution is 2.28. The fourth-order valence-electron chi connectivity index (χ4n) is 4.02. The number of hydrogen-bond donors (Lipinski definition) is 0. The molecule has 2 saturated heterocycles. The van der Waals surface area contributed by atoms with Crippen LogP contribution in [-0.2, 0) is 22.4 Å². The van der Waals surface area contributed by atoms with Gasteiger partial charge in [-0.25, -0.2) is 9.37 Å². The van der Waals surface area contributed by atoms with Crippen molar-refractivity contribution in [1.82, 2.24) is 19.7 Å². The van der Waals surface area contributed by atoms with Gasteiger partial charge < -0.3 is 14.4 Å². The number of ether oxygens (including phenoxy) is 2. The maximum atomic E-state index is 13.3. The summed E-state index contributed by atoms with van der Waals surface area (Å²) in [7, 11) is 0. The van der Waals surface area contributed by atoms with Gasteiger partial charge in [-0.15, -0.1) is 21.5 Å². The van der Waals surface area contributed by atoms with E-state index in [9.17, 15) is 4.39 Å². The number of rotatable bonds is 6. The molecule has 1 aromatic carbocycles. The molecule has 7 nitrogen and oxygen atoms in total. The number of anilines is 1. The van der Waals surface area contributed by atoms with Crippen LogP contribution in [0.2, 0.25) is 0 Å². The lowest BCUT2D eigenvalue weighted by Gasteiger charge is -2.33. The number of morpholine rings is 1.